The second-order valence-corrected chi connectivity index (χ2v) is 7.40. The van der Waals surface area contributed by atoms with Crippen molar-refractivity contribution in [1.82, 2.24) is 9.62 Å². The van der Waals surface area contributed by atoms with E-state index < -0.39 is 10.0 Å². The molecular weight excluding hydrogens is 288 g/mol. The maximum atomic E-state index is 12.2. The second kappa shape index (κ2) is 6.58. The number of hydrogen-bond acceptors (Lipinski definition) is 3. The Morgan fingerprint density at radius 1 is 1.19 bits per heavy atom. The minimum absolute atomic E-state index is 0.158. The van der Waals surface area contributed by atoms with E-state index in [1.807, 2.05) is 12.1 Å². The Morgan fingerprint density at radius 2 is 1.76 bits per heavy atom. The van der Waals surface area contributed by atoms with Crippen LogP contribution in [0.1, 0.15) is 38.2 Å². The summed E-state index contributed by atoms with van der Waals surface area (Å²) >= 11 is 0. The largest absolute Gasteiger partial charge is 0.342 e. The predicted molar refractivity (Wildman–Crippen MR) is 81.5 cm³/mol. The zero-order chi connectivity index (χ0) is 15.5. The van der Waals surface area contributed by atoms with Gasteiger partial charge in [0.15, 0.2) is 0 Å². The topological polar surface area (TPSA) is 66.5 Å². The van der Waals surface area contributed by atoms with Crippen LogP contribution in [-0.4, -0.2) is 38.9 Å². The molecule has 1 aromatic rings. The number of carbonyl (C=O) groups excluding carboxylic acids is 1. The number of hydrogen-bond donors (Lipinski definition) is 1. The van der Waals surface area contributed by atoms with E-state index in [4.69, 9.17) is 0 Å². The first-order valence-corrected chi connectivity index (χ1v) is 8.76. The molecule has 1 fully saturated rings. The summed E-state index contributed by atoms with van der Waals surface area (Å²) in [4.78, 5) is 13.8. The maximum Gasteiger partial charge on any atom is 0.241 e. The van der Waals surface area contributed by atoms with Crippen molar-refractivity contribution < 1.29 is 13.2 Å². The van der Waals surface area contributed by atoms with Crippen molar-refractivity contribution in [3.63, 3.8) is 0 Å². The minimum atomic E-state index is -3.62. The van der Waals surface area contributed by atoms with Gasteiger partial charge in [0.2, 0.25) is 15.9 Å². The highest BCUT2D eigenvalue weighted by Crippen LogP contribution is 2.17. The summed E-state index contributed by atoms with van der Waals surface area (Å²) in [7, 11) is -3.62. The Kier molecular flexibility index (Phi) is 5.00. The van der Waals surface area contributed by atoms with E-state index in [2.05, 4.69) is 18.6 Å². The third-order valence-electron chi connectivity index (χ3n) is 3.73. The molecule has 0 bridgehead atoms. The number of carbonyl (C=O) groups is 1. The third-order valence-corrected chi connectivity index (χ3v) is 5.15. The van der Waals surface area contributed by atoms with Gasteiger partial charge < -0.3 is 4.90 Å². The smallest absolute Gasteiger partial charge is 0.241 e. The molecule has 0 saturated carbocycles. The lowest BCUT2D eigenvalue weighted by Gasteiger charge is -2.15. The van der Waals surface area contributed by atoms with E-state index in [0.29, 0.717) is 5.92 Å². The van der Waals surface area contributed by atoms with Crippen molar-refractivity contribution in [2.24, 2.45) is 0 Å². The van der Waals surface area contributed by atoms with Crippen LogP contribution in [0.2, 0.25) is 0 Å². The van der Waals surface area contributed by atoms with Crippen molar-refractivity contribution >= 4 is 15.9 Å². The summed E-state index contributed by atoms with van der Waals surface area (Å²) in [5.74, 6) is 0.196. The molecule has 5 nitrogen and oxygen atoms in total. The molecular formula is C15H22N2O3S. The van der Waals surface area contributed by atoms with Gasteiger partial charge in [-0.1, -0.05) is 26.0 Å². The SMILES string of the molecule is CC(C)c1ccc(S(=O)(=O)NCC(=O)N2CCCC2)cc1. The first kappa shape index (κ1) is 16.0. The first-order valence-electron chi connectivity index (χ1n) is 7.27. The number of benzene rings is 1. The zero-order valence-electron chi connectivity index (χ0n) is 12.5. The van der Waals surface area contributed by atoms with Gasteiger partial charge in [-0.2, -0.15) is 0 Å². The average molecular weight is 310 g/mol. The van der Waals surface area contributed by atoms with E-state index in [0.717, 1.165) is 31.5 Å². The Balaban J connectivity index is 1.99. The van der Waals surface area contributed by atoms with Crippen LogP contribution in [0.3, 0.4) is 0 Å². The maximum absolute atomic E-state index is 12.2. The Labute approximate surface area is 126 Å². The summed E-state index contributed by atoms with van der Waals surface area (Å²) in [5, 5.41) is 0. The molecule has 1 N–H and O–H groups in total. The number of amides is 1. The fraction of sp³-hybridized carbons (Fsp3) is 0.533. The molecule has 1 heterocycles. The van der Waals surface area contributed by atoms with Gasteiger partial charge in [0.25, 0.3) is 0 Å². The first-order chi connectivity index (χ1) is 9.90. The normalized spacial score (nSPS) is 15.7. The van der Waals surface area contributed by atoms with E-state index in [9.17, 15) is 13.2 Å². The predicted octanol–water partition coefficient (Wildman–Crippen LogP) is 1.71. The standard InChI is InChI=1S/C15H22N2O3S/c1-12(2)13-5-7-14(8-6-13)21(19,20)16-11-15(18)17-9-3-4-10-17/h5-8,12,16H,3-4,9-11H2,1-2H3. The molecule has 0 aliphatic carbocycles. The fourth-order valence-corrected chi connectivity index (χ4v) is 3.32. The molecule has 1 aliphatic heterocycles. The van der Waals surface area contributed by atoms with Gasteiger partial charge in [-0.05, 0) is 36.5 Å². The van der Waals surface area contributed by atoms with Gasteiger partial charge in [0, 0.05) is 13.1 Å². The molecule has 21 heavy (non-hydrogen) atoms. The van der Waals surface area contributed by atoms with E-state index in [1.54, 1.807) is 17.0 Å². The van der Waals surface area contributed by atoms with Crippen LogP contribution in [0, 0.1) is 0 Å². The molecule has 1 saturated heterocycles. The molecule has 6 heteroatoms. The highest BCUT2D eigenvalue weighted by Gasteiger charge is 2.21. The lowest BCUT2D eigenvalue weighted by Crippen LogP contribution is -2.38. The quantitative estimate of drug-likeness (QED) is 0.900. The average Bonchev–Trinajstić information content (AvgIpc) is 2.99. The van der Waals surface area contributed by atoms with Gasteiger partial charge in [-0.3, -0.25) is 4.79 Å². The number of sulfonamides is 1. The highest BCUT2D eigenvalue weighted by molar-refractivity contribution is 7.89. The molecule has 0 radical (unpaired) electrons. The number of likely N-dealkylation sites (tertiary alicyclic amines) is 1. The Morgan fingerprint density at radius 3 is 2.29 bits per heavy atom. The molecule has 0 atom stereocenters. The zero-order valence-corrected chi connectivity index (χ0v) is 13.3. The van der Waals surface area contributed by atoms with Gasteiger partial charge in [-0.25, -0.2) is 13.1 Å². The summed E-state index contributed by atoms with van der Waals surface area (Å²) in [6, 6.07) is 6.78. The molecule has 0 unspecified atom stereocenters. The van der Waals surface area contributed by atoms with E-state index in [-0.39, 0.29) is 17.3 Å². The molecule has 2 rings (SSSR count). The summed E-state index contributed by atoms with van der Waals surface area (Å²) in [5.41, 5.74) is 1.09. The van der Waals surface area contributed by atoms with Crippen molar-refractivity contribution in [2.45, 2.75) is 37.5 Å². The second-order valence-electron chi connectivity index (χ2n) is 5.64. The van der Waals surface area contributed by atoms with Gasteiger partial charge >= 0.3 is 0 Å². The van der Waals surface area contributed by atoms with Crippen molar-refractivity contribution in [1.29, 1.82) is 0 Å². The van der Waals surface area contributed by atoms with Gasteiger partial charge in [-0.15, -0.1) is 0 Å². The lowest BCUT2D eigenvalue weighted by atomic mass is 10.0. The van der Waals surface area contributed by atoms with Crippen molar-refractivity contribution in [2.75, 3.05) is 19.6 Å². The van der Waals surface area contributed by atoms with Crippen LogP contribution in [0.4, 0.5) is 0 Å². The van der Waals surface area contributed by atoms with E-state index >= 15 is 0 Å². The van der Waals surface area contributed by atoms with Crippen LogP contribution in [0.5, 0.6) is 0 Å². The van der Waals surface area contributed by atoms with Gasteiger partial charge in [0.1, 0.15) is 0 Å². The molecule has 116 valence electrons. The molecule has 1 amide bonds. The van der Waals surface area contributed by atoms with Gasteiger partial charge in [0.05, 0.1) is 11.4 Å². The highest BCUT2D eigenvalue weighted by atomic mass is 32.2. The summed E-state index contributed by atoms with van der Waals surface area (Å²) in [6.45, 7) is 5.38. The number of rotatable bonds is 5. The molecule has 0 spiro atoms. The van der Waals surface area contributed by atoms with Crippen molar-refractivity contribution in [3.8, 4) is 0 Å². The summed E-state index contributed by atoms with van der Waals surface area (Å²) < 4.78 is 26.7. The third kappa shape index (κ3) is 4.04. The lowest BCUT2D eigenvalue weighted by molar-refractivity contribution is -0.128. The Bertz CT molecular complexity index is 588. The van der Waals surface area contributed by atoms with Crippen LogP contribution >= 0.6 is 0 Å². The van der Waals surface area contributed by atoms with Crippen LogP contribution in [0.15, 0.2) is 29.2 Å². The van der Waals surface area contributed by atoms with Crippen LogP contribution < -0.4 is 4.72 Å². The van der Waals surface area contributed by atoms with Crippen LogP contribution in [0.25, 0.3) is 0 Å². The Hall–Kier alpha value is -1.40. The van der Waals surface area contributed by atoms with E-state index in [1.165, 1.54) is 0 Å². The number of nitrogens with zero attached hydrogens (tertiary/aromatic N) is 1. The monoisotopic (exact) mass is 310 g/mol. The van der Waals surface area contributed by atoms with Crippen molar-refractivity contribution in [3.05, 3.63) is 29.8 Å². The fourth-order valence-electron chi connectivity index (χ4n) is 2.35. The number of nitrogens with one attached hydrogen (secondary N) is 1. The molecule has 1 aliphatic rings. The molecule has 1 aromatic carbocycles. The van der Waals surface area contributed by atoms with Crippen LogP contribution in [-0.2, 0) is 14.8 Å². The minimum Gasteiger partial charge on any atom is -0.342 e. The summed E-state index contributed by atoms with van der Waals surface area (Å²) in [6.07, 6.45) is 1.99. The molecule has 0 aromatic heterocycles.